The summed E-state index contributed by atoms with van der Waals surface area (Å²) in [6.07, 6.45) is 2.02. The van der Waals surface area contributed by atoms with E-state index in [1.807, 2.05) is 18.2 Å². The second-order valence-corrected chi connectivity index (χ2v) is 5.88. The summed E-state index contributed by atoms with van der Waals surface area (Å²) in [6.45, 7) is 6.47. The summed E-state index contributed by atoms with van der Waals surface area (Å²) in [5.74, 6) is 1.13. The van der Waals surface area contributed by atoms with Gasteiger partial charge in [0.1, 0.15) is 12.4 Å². The van der Waals surface area contributed by atoms with E-state index in [4.69, 9.17) is 10.5 Å². The van der Waals surface area contributed by atoms with Crippen LogP contribution in [0, 0.1) is 12.8 Å². The minimum atomic E-state index is 0.0827. The summed E-state index contributed by atoms with van der Waals surface area (Å²) in [5, 5.41) is 2.89. The molecule has 1 heterocycles. The number of nitrogens with zero attached hydrogens (tertiary/aromatic N) is 1. The maximum absolute atomic E-state index is 12.0. The van der Waals surface area contributed by atoms with E-state index < -0.39 is 0 Å². The Kier molecular flexibility index (Phi) is 6.68. The molecular formula is C17H27N3O2. The Labute approximate surface area is 132 Å². The molecule has 1 aliphatic rings. The van der Waals surface area contributed by atoms with Gasteiger partial charge in [-0.3, -0.25) is 9.69 Å². The number of ether oxygens (including phenoxy) is 1. The van der Waals surface area contributed by atoms with Crippen LogP contribution in [0.1, 0.15) is 18.4 Å². The number of piperidine rings is 1. The largest absolute Gasteiger partial charge is 0.492 e. The highest BCUT2D eigenvalue weighted by Crippen LogP contribution is 2.17. The highest BCUT2D eigenvalue weighted by molar-refractivity contribution is 5.78. The normalized spacial score (nSPS) is 18.9. The Morgan fingerprint density at radius 3 is 3.14 bits per heavy atom. The molecule has 122 valence electrons. The predicted octanol–water partition coefficient (Wildman–Crippen LogP) is 1.16. The summed E-state index contributed by atoms with van der Waals surface area (Å²) >= 11 is 0. The molecule has 0 radical (unpaired) electrons. The Balaban J connectivity index is 1.72. The third kappa shape index (κ3) is 5.31. The van der Waals surface area contributed by atoms with E-state index in [0.717, 1.165) is 38.2 Å². The molecule has 1 aromatic rings. The van der Waals surface area contributed by atoms with Gasteiger partial charge < -0.3 is 15.8 Å². The molecule has 0 bridgehead atoms. The predicted molar refractivity (Wildman–Crippen MR) is 87.9 cm³/mol. The third-order valence-corrected chi connectivity index (χ3v) is 3.99. The van der Waals surface area contributed by atoms with Crippen molar-refractivity contribution in [3.63, 3.8) is 0 Å². The van der Waals surface area contributed by atoms with Crippen LogP contribution in [0.2, 0.25) is 0 Å². The molecule has 0 aliphatic carbocycles. The van der Waals surface area contributed by atoms with Crippen molar-refractivity contribution in [3.8, 4) is 5.75 Å². The van der Waals surface area contributed by atoms with Crippen LogP contribution in [0.25, 0.3) is 0 Å². The SMILES string of the molecule is Cc1cccc(OCCN2CCCC(C(=O)NCCN)C2)c1. The second-order valence-electron chi connectivity index (χ2n) is 5.88. The number of benzene rings is 1. The first-order chi connectivity index (χ1) is 10.7. The minimum Gasteiger partial charge on any atom is -0.492 e. The molecule has 3 N–H and O–H groups in total. The van der Waals surface area contributed by atoms with Crippen LogP contribution < -0.4 is 15.8 Å². The van der Waals surface area contributed by atoms with Gasteiger partial charge in [0.2, 0.25) is 5.91 Å². The fraction of sp³-hybridized carbons (Fsp3) is 0.588. The third-order valence-electron chi connectivity index (χ3n) is 3.99. The van der Waals surface area contributed by atoms with E-state index in [9.17, 15) is 4.79 Å². The van der Waals surface area contributed by atoms with Gasteiger partial charge in [-0.1, -0.05) is 12.1 Å². The lowest BCUT2D eigenvalue weighted by atomic mass is 9.97. The van der Waals surface area contributed by atoms with Gasteiger partial charge in [-0.2, -0.15) is 0 Å². The van der Waals surface area contributed by atoms with Gasteiger partial charge in [0, 0.05) is 26.2 Å². The van der Waals surface area contributed by atoms with Gasteiger partial charge in [-0.15, -0.1) is 0 Å². The van der Waals surface area contributed by atoms with Crippen molar-refractivity contribution in [2.24, 2.45) is 11.7 Å². The maximum Gasteiger partial charge on any atom is 0.224 e. The van der Waals surface area contributed by atoms with E-state index in [1.54, 1.807) is 0 Å². The molecule has 1 unspecified atom stereocenters. The van der Waals surface area contributed by atoms with E-state index in [2.05, 4.69) is 23.2 Å². The minimum absolute atomic E-state index is 0.0827. The van der Waals surface area contributed by atoms with E-state index in [0.29, 0.717) is 19.7 Å². The van der Waals surface area contributed by atoms with Crippen LogP contribution in [-0.2, 0) is 4.79 Å². The van der Waals surface area contributed by atoms with Crippen molar-refractivity contribution in [1.82, 2.24) is 10.2 Å². The van der Waals surface area contributed by atoms with Gasteiger partial charge in [-0.25, -0.2) is 0 Å². The molecule has 0 spiro atoms. The summed E-state index contributed by atoms with van der Waals surface area (Å²) < 4.78 is 5.79. The lowest BCUT2D eigenvalue weighted by Crippen LogP contribution is -2.45. The topological polar surface area (TPSA) is 67.6 Å². The van der Waals surface area contributed by atoms with Crippen LogP contribution in [-0.4, -0.2) is 50.1 Å². The number of carbonyl (C=O) groups excluding carboxylic acids is 1. The zero-order chi connectivity index (χ0) is 15.8. The van der Waals surface area contributed by atoms with Gasteiger partial charge in [0.15, 0.2) is 0 Å². The smallest absolute Gasteiger partial charge is 0.224 e. The van der Waals surface area contributed by atoms with E-state index in [1.165, 1.54) is 5.56 Å². The molecular weight excluding hydrogens is 278 g/mol. The van der Waals surface area contributed by atoms with Crippen LogP contribution in [0.3, 0.4) is 0 Å². The van der Waals surface area contributed by atoms with Crippen molar-refractivity contribution >= 4 is 5.91 Å². The number of nitrogens with one attached hydrogen (secondary N) is 1. The summed E-state index contributed by atoms with van der Waals surface area (Å²) in [5.41, 5.74) is 6.62. The standard InChI is InChI=1S/C17H27N3O2/c1-14-4-2-6-16(12-14)22-11-10-20-9-3-5-15(13-20)17(21)19-8-7-18/h2,4,6,12,15H,3,5,7-11,13,18H2,1H3,(H,19,21). The average Bonchev–Trinajstić information content (AvgIpc) is 2.53. The lowest BCUT2D eigenvalue weighted by Gasteiger charge is -2.31. The number of hydrogen-bond donors (Lipinski definition) is 2. The van der Waals surface area contributed by atoms with Crippen LogP contribution >= 0.6 is 0 Å². The molecule has 1 atom stereocenters. The molecule has 1 aromatic carbocycles. The molecule has 1 amide bonds. The highest BCUT2D eigenvalue weighted by Gasteiger charge is 2.25. The number of aryl methyl sites for hydroxylation is 1. The molecule has 22 heavy (non-hydrogen) atoms. The number of hydrogen-bond acceptors (Lipinski definition) is 4. The number of nitrogens with two attached hydrogens (primary N) is 1. The zero-order valence-electron chi connectivity index (χ0n) is 13.4. The Bertz CT molecular complexity index is 479. The maximum atomic E-state index is 12.0. The number of rotatable bonds is 7. The van der Waals surface area contributed by atoms with Crippen LogP contribution in [0.4, 0.5) is 0 Å². The van der Waals surface area contributed by atoms with E-state index in [-0.39, 0.29) is 11.8 Å². The molecule has 1 aliphatic heterocycles. The monoisotopic (exact) mass is 305 g/mol. The lowest BCUT2D eigenvalue weighted by molar-refractivity contribution is -0.126. The van der Waals surface area contributed by atoms with Crippen LogP contribution in [0.15, 0.2) is 24.3 Å². The van der Waals surface area contributed by atoms with Gasteiger partial charge in [-0.05, 0) is 44.0 Å². The Morgan fingerprint density at radius 1 is 1.50 bits per heavy atom. The molecule has 0 saturated carbocycles. The van der Waals surface area contributed by atoms with Crippen molar-refractivity contribution in [1.29, 1.82) is 0 Å². The van der Waals surface area contributed by atoms with Crippen molar-refractivity contribution in [2.45, 2.75) is 19.8 Å². The summed E-state index contributed by atoms with van der Waals surface area (Å²) in [6, 6.07) is 8.08. The fourth-order valence-electron chi connectivity index (χ4n) is 2.81. The van der Waals surface area contributed by atoms with E-state index >= 15 is 0 Å². The van der Waals surface area contributed by atoms with Crippen molar-refractivity contribution in [2.75, 3.05) is 39.3 Å². The Morgan fingerprint density at radius 2 is 2.36 bits per heavy atom. The van der Waals surface area contributed by atoms with Crippen molar-refractivity contribution in [3.05, 3.63) is 29.8 Å². The average molecular weight is 305 g/mol. The first kappa shape index (κ1) is 16.8. The molecule has 5 nitrogen and oxygen atoms in total. The number of amides is 1. The fourth-order valence-corrected chi connectivity index (χ4v) is 2.81. The molecule has 5 heteroatoms. The number of carbonyl (C=O) groups is 1. The highest BCUT2D eigenvalue weighted by atomic mass is 16.5. The number of likely N-dealkylation sites (tertiary alicyclic amines) is 1. The van der Waals surface area contributed by atoms with Gasteiger partial charge >= 0.3 is 0 Å². The quantitative estimate of drug-likeness (QED) is 0.793. The first-order valence-electron chi connectivity index (χ1n) is 8.08. The van der Waals surface area contributed by atoms with Crippen molar-refractivity contribution < 1.29 is 9.53 Å². The molecule has 2 rings (SSSR count). The summed E-state index contributed by atoms with van der Waals surface area (Å²) in [7, 11) is 0. The second kappa shape index (κ2) is 8.76. The van der Waals surface area contributed by atoms with Gasteiger partial charge in [0.05, 0.1) is 5.92 Å². The zero-order valence-corrected chi connectivity index (χ0v) is 13.4. The first-order valence-corrected chi connectivity index (χ1v) is 8.08. The van der Waals surface area contributed by atoms with Crippen LogP contribution in [0.5, 0.6) is 5.75 Å². The van der Waals surface area contributed by atoms with Gasteiger partial charge in [0.25, 0.3) is 0 Å². The Hall–Kier alpha value is -1.59. The molecule has 0 aromatic heterocycles. The molecule has 1 saturated heterocycles. The molecule has 1 fully saturated rings. The summed E-state index contributed by atoms with van der Waals surface area (Å²) in [4.78, 5) is 14.3.